The molecule has 1 atom stereocenters. The summed E-state index contributed by atoms with van der Waals surface area (Å²) >= 11 is 0. The summed E-state index contributed by atoms with van der Waals surface area (Å²) < 4.78 is 5.95. The van der Waals surface area contributed by atoms with Gasteiger partial charge in [0.05, 0.1) is 24.2 Å². The van der Waals surface area contributed by atoms with E-state index < -0.39 is 0 Å². The highest BCUT2D eigenvalue weighted by Crippen LogP contribution is 2.27. The largest absolute Gasteiger partial charge is 0.370 e. The van der Waals surface area contributed by atoms with Crippen LogP contribution in [0.2, 0.25) is 0 Å². The Bertz CT molecular complexity index is 1020. The second-order valence-corrected chi connectivity index (χ2v) is 7.59. The fourth-order valence-electron chi connectivity index (χ4n) is 4.13. The quantitative estimate of drug-likeness (QED) is 0.722. The SMILES string of the molecule is O=C(c1cc(C2CNNC2)nc2ccccc12)N1CCOC(c2ccccc2)C1. The van der Waals surface area contributed by atoms with E-state index in [4.69, 9.17) is 9.72 Å². The number of pyridine rings is 1. The molecule has 2 saturated heterocycles. The fourth-order valence-corrected chi connectivity index (χ4v) is 4.13. The summed E-state index contributed by atoms with van der Waals surface area (Å²) in [5, 5.41) is 0.905. The number of aromatic nitrogens is 1. The van der Waals surface area contributed by atoms with Crippen molar-refractivity contribution in [1.29, 1.82) is 0 Å². The van der Waals surface area contributed by atoms with Crippen molar-refractivity contribution in [3.8, 4) is 0 Å². The lowest BCUT2D eigenvalue weighted by Crippen LogP contribution is -2.42. The van der Waals surface area contributed by atoms with E-state index >= 15 is 0 Å². The number of fused-ring (bicyclic) bond motifs is 1. The third-order valence-electron chi connectivity index (χ3n) is 5.73. The molecule has 0 bridgehead atoms. The van der Waals surface area contributed by atoms with E-state index in [-0.39, 0.29) is 17.9 Å². The van der Waals surface area contributed by atoms with Gasteiger partial charge in [-0.3, -0.25) is 20.6 Å². The predicted octanol–water partition coefficient (Wildman–Crippen LogP) is 2.64. The van der Waals surface area contributed by atoms with Crippen LogP contribution >= 0.6 is 0 Å². The zero-order chi connectivity index (χ0) is 19.6. The summed E-state index contributed by atoms with van der Waals surface area (Å²) in [6.45, 7) is 3.32. The Kier molecular flexibility index (Phi) is 4.97. The van der Waals surface area contributed by atoms with Crippen LogP contribution in [-0.4, -0.2) is 48.6 Å². The Labute approximate surface area is 169 Å². The van der Waals surface area contributed by atoms with Crippen LogP contribution in [0.1, 0.15) is 33.6 Å². The van der Waals surface area contributed by atoms with Crippen LogP contribution in [0.25, 0.3) is 10.9 Å². The normalized spacial score (nSPS) is 20.3. The second-order valence-electron chi connectivity index (χ2n) is 7.59. The molecule has 6 nitrogen and oxygen atoms in total. The van der Waals surface area contributed by atoms with Gasteiger partial charge in [0.2, 0.25) is 0 Å². The van der Waals surface area contributed by atoms with Crippen molar-refractivity contribution >= 4 is 16.8 Å². The van der Waals surface area contributed by atoms with Crippen LogP contribution in [-0.2, 0) is 4.74 Å². The second kappa shape index (κ2) is 7.91. The average molecular weight is 388 g/mol. The molecule has 0 saturated carbocycles. The van der Waals surface area contributed by atoms with Gasteiger partial charge in [0, 0.05) is 36.6 Å². The number of nitrogens with zero attached hydrogens (tertiary/aromatic N) is 2. The lowest BCUT2D eigenvalue weighted by atomic mass is 9.99. The minimum Gasteiger partial charge on any atom is -0.370 e. The van der Waals surface area contributed by atoms with E-state index in [0.717, 1.165) is 40.8 Å². The minimum atomic E-state index is -0.0929. The van der Waals surface area contributed by atoms with E-state index in [1.165, 1.54) is 0 Å². The maximum atomic E-state index is 13.6. The van der Waals surface area contributed by atoms with Crippen molar-refractivity contribution in [1.82, 2.24) is 20.7 Å². The summed E-state index contributed by atoms with van der Waals surface area (Å²) in [6.07, 6.45) is -0.0929. The lowest BCUT2D eigenvalue weighted by Gasteiger charge is -2.33. The average Bonchev–Trinajstić information content (AvgIpc) is 3.34. The Morgan fingerprint density at radius 3 is 2.62 bits per heavy atom. The molecule has 0 spiro atoms. The van der Waals surface area contributed by atoms with Crippen molar-refractivity contribution in [2.75, 3.05) is 32.8 Å². The highest BCUT2D eigenvalue weighted by Gasteiger charge is 2.28. The van der Waals surface area contributed by atoms with E-state index in [1.54, 1.807) is 0 Å². The Morgan fingerprint density at radius 1 is 1.03 bits per heavy atom. The molecule has 1 unspecified atom stereocenters. The molecule has 0 aliphatic carbocycles. The molecule has 2 aromatic carbocycles. The zero-order valence-corrected chi connectivity index (χ0v) is 16.2. The molecule has 3 aromatic rings. The molecule has 0 radical (unpaired) electrons. The standard InChI is InChI=1S/C23H24N4O2/c28-23(27-10-11-29-22(15-27)16-6-2-1-3-7-16)19-12-21(17-13-24-25-14-17)26-20-9-5-4-8-18(19)20/h1-9,12,17,22,24-25H,10-11,13-15H2. The number of hydrogen-bond acceptors (Lipinski definition) is 5. The van der Waals surface area contributed by atoms with E-state index in [1.807, 2.05) is 53.4 Å². The Hall–Kier alpha value is -2.80. The molecule has 5 rings (SSSR count). The first-order valence-electron chi connectivity index (χ1n) is 10.1. The molecule has 1 amide bonds. The molecule has 2 N–H and O–H groups in total. The van der Waals surface area contributed by atoms with Crippen LogP contribution in [0, 0.1) is 0 Å². The van der Waals surface area contributed by atoms with Crippen molar-refractivity contribution < 1.29 is 9.53 Å². The maximum Gasteiger partial charge on any atom is 0.254 e. The number of hydrogen-bond donors (Lipinski definition) is 2. The molecular weight excluding hydrogens is 364 g/mol. The van der Waals surface area contributed by atoms with Gasteiger partial charge < -0.3 is 9.64 Å². The van der Waals surface area contributed by atoms with E-state index in [0.29, 0.717) is 19.7 Å². The first kappa shape index (κ1) is 18.2. The molecule has 3 heterocycles. The highest BCUT2D eigenvalue weighted by molar-refractivity contribution is 6.06. The van der Waals surface area contributed by atoms with Gasteiger partial charge in [0.15, 0.2) is 0 Å². The number of amides is 1. The lowest BCUT2D eigenvalue weighted by molar-refractivity contribution is -0.0227. The van der Waals surface area contributed by atoms with Gasteiger partial charge in [0.1, 0.15) is 6.10 Å². The number of carbonyl (C=O) groups is 1. The predicted molar refractivity (Wildman–Crippen MR) is 112 cm³/mol. The number of rotatable bonds is 3. The number of benzene rings is 2. The Morgan fingerprint density at radius 2 is 1.79 bits per heavy atom. The number of hydrazine groups is 1. The van der Waals surface area contributed by atoms with Crippen molar-refractivity contribution in [2.45, 2.75) is 12.0 Å². The third kappa shape index (κ3) is 3.62. The molecule has 2 aliphatic rings. The van der Waals surface area contributed by atoms with Crippen molar-refractivity contribution in [3.63, 3.8) is 0 Å². The van der Waals surface area contributed by atoms with Gasteiger partial charge in [-0.05, 0) is 17.7 Å². The number of morpholine rings is 1. The van der Waals surface area contributed by atoms with Gasteiger partial charge in [-0.1, -0.05) is 48.5 Å². The summed E-state index contributed by atoms with van der Waals surface area (Å²) in [4.78, 5) is 20.3. The first-order valence-corrected chi connectivity index (χ1v) is 10.1. The van der Waals surface area contributed by atoms with Gasteiger partial charge in [0.25, 0.3) is 5.91 Å². The molecule has 148 valence electrons. The smallest absolute Gasteiger partial charge is 0.254 e. The van der Waals surface area contributed by atoms with Gasteiger partial charge in [-0.2, -0.15) is 0 Å². The number of para-hydroxylation sites is 1. The van der Waals surface area contributed by atoms with Crippen molar-refractivity contribution in [3.05, 3.63) is 77.5 Å². The zero-order valence-electron chi connectivity index (χ0n) is 16.2. The van der Waals surface area contributed by atoms with Gasteiger partial charge >= 0.3 is 0 Å². The number of ether oxygens (including phenoxy) is 1. The van der Waals surface area contributed by atoms with Crippen LogP contribution in [0.5, 0.6) is 0 Å². The van der Waals surface area contributed by atoms with E-state index in [2.05, 4.69) is 23.0 Å². The number of carbonyl (C=O) groups excluding carboxylic acids is 1. The van der Waals surface area contributed by atoms with E-state index in [9.17, 15) is 4.79 Å². The van der Waals surface area contributed by atoms with Crippen molar-refractivity contribution in [2.24, 2.45) is 0 Å². The fraction of sp³-hybridized carbons (Fsp3) is 0.304. The highest BCUT2D eigenvalue weighted by atomic mass is 16.5. The van der Waals surface area contributed by atoms with Crippen LogP contribution in [0.4, 0.5) is 0 Å². The van der Waals surface area contributed by atoms with Crippen LogP contribution < -0.4 is 10.9 Å². The summed E-state index contributed by atoms with van der Waals surface area (Å²) in [6, 6.07) is 20.0. The third-order valence-corrected chi connectivity index (χ3v) is 5.73. The molecule has 29 heavy (non-hydrogen) atoms. The molecule has 6 heteroatoms. The van der Waals surface area contributed by atoms with Crippen LogP contribution in [0.3, 0.4) is 0 Å². The number of nitrogens with one attached hydrogen (secondary N) is 2. The first-order chi connectivity index (χ1) is 14.3. The van der Waals surface area contributed by atoms with Gasteiger partial charge in [-0.25, -0.2) is 0 Å². The molecule has 1 aromatic heterocycles. The molecular formula is C23H24N4O2. The van der Waals surface area contributed by atoms with Crippen LogP contribution in [0.15, 0.2) is 60.7 Å². The van der Waals surface area contributed by atoms with Gasteiger partial charge in [-0.15, -0.1) is 0 Å². The Balaban J connectivity index is 1.48. The minimum absolute atomic E-state index is 0.0491. The summed E-state index contributed by atoms with van der Waals surface area (Å²) in [7, 11) is 0. The summed E-state index contributed by atoms with van der Waals surface area (Å²) in [5.41, 5.74) is 9.96. The molecule has 2 aliphatic heterocycles. The summed E-state index contributed by atoms with van der Waals surface area (Å²) in [5.74, 6) is 0.306. The topological polar surface area (TPSA) is 66.5 Å². The molecule has 2 fully saturated rings. The maximum absolute atomic E-state index is 13.6. The monoisotopic (exact) mass is 388 g/mol.